The number of carbonyl (C=O) groups is 1. The minimum absolute atomic E-state index is 0.0412. The Kier molecular flexibility index (Phi) is 6.69. The molecule has 0 saturated heterocycles. The number of ether oxygens (including phenoxy) is 1. The van der Waals surface area contributed by atoms with E-state index in [1.807, 2.05) is 6.92 Å². The maximum Gasteiger partial charge on any atom is 0.323 e. The van der Waals surface area contributed by atoms with E-state index in [0.29, 0.717) is 12.6 Å². The molecule has 1 fully saturated rings. The molecule has 0 bridgehead atoms. The lowest BCUT2D eigenvalue weighted by Crippen LogP contribution is -2.46. The van der Waals surface area contributed by atoms with Gasteiger partial charge in [0.05, 0.1) is 6.61 Å². The van der Waals surface area contributed by atoms with Crippen LogP contribution in [-0.4, -0.2) is 36.6 Å². The predicted molar refractivity (Wildman–Crippen MR) is 74.5 cm³/mol. The Labute approximate surface area is 112 Å². The largest absolute Gasteiger partial charge is 0.465 e. The number of carbonyl (C=O) groups excluding carboxylic acids is 1. The summed E-state index contributed by atoms with van der Waals surface area (Å²) in [4.78, 5) is 14.3. The molecule has 0 heterocycles. The number of hydrogen-bond acceptors (Lipinski definition) is 3. The summed E-state index contributed by atoms with van der Waals surface area (Å²) in [7, 11) is 2.10. The molecule has 3 nitrogen and oxygen atoms in total. The Hall–Kier alpha value is -0.570. The van der Waals surface area contributed by atoms with Crippen LogP contribution in [0.4, 0.5) is 0 Å². The van der Waals surface area contributed by atoms with Crippen LogP contribution in [0.3, 0.4) is 0 Å². The molecule has 0 N–H and O–H groups in total. The fourth-order valence-electron chi connectivity index (χ4n) is 2.90. The number of nitrogens with zero attached hydrogens (tertiary/aromatic N) is 1. The van der Waals surface area contributed by atoms with Crippen LogP contribution in [0.2, 0.25) is 0 Å². The highest BCUT2D eigenvalue weighted by atomic mass is 16.5. The Morgan fingerprint density at radius 1 is 1.28 bits per heavy atom. The molecule has 1 rings (SSSR count). The molecule has 0 amide bonds. The van der Waals surface area contributed by atoms with Gasteiger partial charge >= 0.3 is 5.97 Å². The Balaban J connectivity index is 2.58. The average molecular weight is 255 g/mol. The van der Waals surface area contributed by atoms with Gasteiger partial charge in [-0.15, -0.1) is 0 Å². The van der Waals surface area contributed by atoms with Gasteiger partial charge in [-0.1, -0.05) is 20.3 Å². The molecule has 0 aromatic carbocycles. The number of esters is 1. The van der Waals surface area contributed by atoms with Crippen molar-refractivity contribution in [1.82, 2.24) is 4.90 Å². The van der Waals surface area contributed by atoms with Gasteiger partial charge in [0.25, 0.3) is 0 Å². The van der Waals surface area contributed by atoms with Gasteiger partial charge in [-0.2, -0.15) is 0 Å². The van der Waals surface area contributed by atoms with Crippen molar-refractivity contribution in [2.24, 2.45) is 5.92 Å². The van der Waals surface area contributed by atoms with Gasteiger partial charge in [-0.3, -0.25) is 9.69 Å². The van der Waals surface area contributed by atoms with Crippen molar-refractivity contribution < 1.29 is 9.53 Å². The van der Waals surface area contributed by atoms with Crippen molar-refractivity contribution >= 4 is 5.97 Å². The zero-order valence-electron chi connectivity index (χ0n) is 12.4. The van der Waals surface area contributed by atoms with Crippen LogP contribution in [0.5, 0.6) is 0 Å². The first kappa shape index (κ1) is 15.5. The molecule has 0 aliphatic heterocycles. The van der Waals surface area contributed by atoms with Crippen LogP contribution < -0.4 is 0 Å². The van der Waals surface area contributed by atoms with Crippen molar-refractivity contribution in [3.8, 4) is 0 Å². The van der Waals surface area contributed by atoms with Gasteiger partial charge in [0.1, 0.15) is 6.04 Å². The van der Waals surface area contributed by atoms with E-state index in [1.165, 1.54) is 25.7 Å². The first-order valence-corrected chi connectivity index (χ1v) is 7.48. The second-order valence-electron chi connectivity index (χ2n) is 5.64. The normalized spacial score (nSPS) is 26.1. The molecular weight excluding hydrogens is 226 g/mol. The minimum Gasteiger partial charge on any atom is -0.465 e. The van der Waals surface area contributed by atoms with Crippen LogP contribution in [-0.2, 0) is 9.53 Å². The molecule has 0 aromatic rings. The second-order valence-corrected chi connectivity index (χ2v) is 5.64. The summed E-state index contributed by atoms with van der Waals surface area (Å²) < 4.78 is 5.21. The molecule has 106 valence electrons. The van der Waals surface area contributed by atoms with Crippen LogP contribution in [0.1, 0.15) is 59.3 Å². The van der Waals surface area contributed by atoms with Crippen LogP contribution >= 0.6 is 0 Å². The van der Waals surface area contributed by atoms with Gasteiger partial charge in [0.15, 0.2) is 0 Å². The molecule has 1 aliphatic rings. The fourth-order valence-corrected chi connectivity index (χ4v) is 2.90. The quantitative estimate of drug-likeness (QED) is 0.682. The number of hydrogen-bond donors (Lipinski definition) is 0. The standard InChI is InChI=1S/C15H29NO2/c1-5-7-14(15(17)18-6-2)16(4)13-10-8-12(3)9-11-13/h12-14H,5-11H2,1-4H3. The monoisotopic (exact) mass is 255 g/mol. The van der Waals surface area contributed by atoms with Crippen molar-refractivity contribution in [1.29, 1.82) is 0 Å². The maximum atomic E-state index is 12.0. The molecule has 1 unspecified atom stereocenters. The van der Waals surface area contributed by atoms with Gasteiger partial charge in [-0.25, -0.2) is 0 Å². The first-order valence-electron chi connectivity index (χ1n) is 7.48. The molecule has 1 saturated carbocycles. The van der Waals surface area contributed by atoms with Crippen LogP contribution in [0.15, 0.2) is 0 Å². The molecule has 0 aromatic heterocycles. The summed E-state index contributed by atoms with van der Waals surface area (Å²) in [5, 5.41) is 0. The third-order valence-electron chi connectivity index (χ3n) is 4.17. The summed E-state index contributed by atoms with van der Waals surface area (Å²) in [6, 6.07) is 0.510. The van der Waals surface area contributed by atoms with E-state index < -0.39 is 0 Å². The Morgan fingerprint density at radius 3 is 2.39 bits per heavy atom. The van der Waals surface area contributed by atoms with E-state index in [1.54, 1.807) is 0 Å². The minimum atomic E-state index is -0.0478. The van der Waals surface area contributed by atoms with Crippen molar-refractivity contribution in [3.63, 3.8) is 0 Å². The van der Waals surface area contributed by atoms with Crippen molar-refractivity contribution in [2.75, 3.05) is 13.7 Å². The van der Waals surface area contributed by atoms with Crippen LogP contribution in [0, 0.1) is 5.92 Å². The van der Waals surface area contributed by atoms with Gasteiger partial charge in [0, 0.05) is 6.04 Å². The van der Waals surface area contributed by atoms with Crippen molar-refractivity contribution in [3.05, 3.63) is 0 Å². The Morgan fingerprint density at radius 2 is 1.89 bits per heavy atom. The molecule has 1 aliphatic carbocycles. The lowest BCUT2D eigenvalue weighted by Gasteiger charge is -2.37. The van der Waals surface area contributed by atoms with E-state index >= 15 is 0 Å². The number of rotatable bonds is 6. The summed E-state index contributed by atoms with van der Waals surface area (Å²) in [6.45, 7) is 6.81. The number of likely N-dealkylation sites (N-methyl/N-ethyl adjacent to an activating group) is 1. The highest BCUT2D eigenvalue weighted by molar-refractivity contribution is 5.75. The first-order chi connectivity index (χ1) is 8.60. The van der Waals surface area contributed by atoms with E-state index in [0.717, 1.165) is 18.8 Å². The van der Waals surface area contributed by atoms with E-state index in [4.69, 9.17) is 4.74 Å². The molecule has 3 heteroatoms. The fraction of sp³-hybridized carbons (Fsp3) is 0.933. The van der Waals surface area contributed by atoms with Gasteiger partial charge < -0.3 is 4.74 Å². The van der Waals surface area contributed by atoms with E-state index in [-0.39, 0.29) is 12.0 Å². The SMILES string of the molecule is CCCC(C(=O)OCC)N(C)C1CCC(C)CC1. The lowest BCUT2D eigenvalue weighted by molar-refractivity contribution is -0.150. The summed E-state index contributed by atoms with van der Waals surface area (Å²) in [5.74, 6) is 0.808. The van der Waals surface area contributed by atoms with Gasteiger partial charge in [0.2, 0.25) is 0 Å². The average Bonchev–Trinajstić information content (AvgIpc) is 2.36. The highest BCUT2D eigenvalue weighted by Crippen LogP contribution is 2.28. The van der Waals surface area contributed by atoms with Crippen LogP contribution in [0.25, 0.3) is 0 Å². The third kappa shape index (κ3) is 4.27. The topological polar surface area (TPSA) is 29.5 Å². The molecule has 0 spiro atoms. The van der Waals surface area contributed by atoms with E-state index in [9.17, 15) is 4.79 Å². The summed E-state index contributed by atoms with van der Waals surface area (Å²) >= 11 is 0. The smallest absolute Gasteiger partial charge is 0.323 e. The second kappa shape index (κ2) is 7.78. The lowest BCUT2D eigenvalue weighted by atomic mass is 9.86. The Bertz CT molecular complexity index is 247. The zero-order valence-corrected chi connectivity index (χ0v) is 12.4. The third-order valence-corrected chi connectivity index (χ3v) is 4.17. The van der Waals surface area contributed by atoms with Gasteiger partial charge in [-0.05, 0) is 52.0 Å². The maximum absolute atomic E-state index is 12.0. The molecule has 0 radical (unpaired) electrons. The summed E-state index contributed by atoms with van der Waals surface area (Å²) in [6.07, 6.45) is 6.94. The molecular formula is C15H29NO2. The van der Waals surface area contributed by atoms with Crippen molar-refractivity contribution in [2.45, 2.75) is 71.4 Å². The van der Waals surface area contributed by atoms with E-state index in [2.05, 4.69) is 25.8 Å². The predicted octanol–water partition coefficient (Wildman–Crippen LogP) is 3.23. The zero-order chi connectivity index (χ0) is 13.5. The summed E-state index contributed by atoms with van der Waals surface area (Å²) in [5.41, 5.74) is 0. The highest BCUT2D eigenvalue weighted by Gasteiger charge is 2.30. The molecule has 1 atom stereocenters. The molecule has 18 heavy (non-hydrogen) atoms.